The number of hydrogen-bond donors (Lipinski definition) is 0. The first kappa shape index (κ1) is 75.8. The lowest BCUT2D eigenvalue weighted by Crippen LogP contribution is -2.30. The van der Waals surface area contributed by atoms with Crippen molar-refractivity contribution in [3.63, 3.8) is 0 Å². The van der Waals surface area contributed by atoms with Crippen LogP contribution < -0.4 is 0 Å². The maximum atomic E-state index is 12.9. The zero-order valence-corrected chi connectivity index (χ0v) is 52.0. The molecule has 1 atom stereocenters. The summed E-state index contributed by atoms with van der Waals surface area (Å²) in [7, 11) is 0. The fourth-order valence-corrected chi connectivity index (χ4v) is 8.45. The summed E-state index contributed by atoms with van der Waals surface area (Å²) in [5.74, 6) is -1.02. The Morgan fingerprint density at radius 2 is 0.469 bits per heavy atom. The van der Waals surface area contributed by atoms with Gasteiger partial charge in [-0.3, -0.25) is 14.4 Å². The van der Waals surface area contributed by atoms with Crippen molar-refractivity contribution < 1.29 is 28.6 Å². The Hall–Kier alpha value is -5.23. The van der Waals surface area contributed by atoms with Crippen LogP contribution in [0.4, 0.5) is 0 Å². The van der Waals surface area contributed by atoms with Gasteiger partial charge in [0.05, 0.1) is 0 Å². The van der Waals surface area contributed by atoms with Crippen LogP contribution in [0.5, 0.6) is 0 Å². The average molecular weight is 1120 g/mol. The second-order valence-corrected chi connectivity index (χ2v) is 20.9. The number of carbonyl (C=O) groups excluding carboxylic acids is 3. The van der Waals surface area contributed by atoms with Crippen LogP contribution in [0.15, 0.2) is 170 Å². The molecule has 0 aliphatic carbocycles. The maximum absolute atomic E-state index is 12.9. The summed E-state index contributed by atoms with van der Waals surface area (Å²) in [5.41, 5.74) is 0. The van der Waals surface area contributed by atoms with Crippen molar-refractivity contribution in [2.24, 2.45) is 0 Å². The zero-order chi connectivity index (χ0) is 58.5. The summed E-state index contributed by atoms with van der Waals surface area (Å²) in [6, 6.07) is 0. The molecule has 0 aromatic heterocycles. The van der Waals surface area contributed by atoms with Crippen molar-refractivity contribution in [1.29, 1.82) is 0 Å². The van der Waals surface area contributed by atoms with Crippen molar-refractivity contribution in [2.45, 2.75) is 271 Å². The second-order valence-electron chi connectivity index (χ2n) is 20.9. The van der Waals surface area contributed by atoms with Gasteiger partial charge in [0.2, 0.25) is 0 Å². The highest BCUT2D eigenvalue weighted by atomic mass is 16.6. The number of allylic oxidation sites excluding steroid dienone is 28. The summed E-state index contributed by atoms with van der Waals surface area (Å²) in [6.07, 6.45) is 99.4. The minimum Gasteiger partial charge on any atom is -0.462 e. The Morgan fingerprint density at radius 1 is 0.247 bits per heavy atom. The van der Waals surface area contributed by atoms with Crippen molar-refractivity contribution in [3.8, 4) is 0 Å². The van der Waals surface area contributed by atoms with Gasteiger partial charge in [-0.1, -0.05) is 281 Å². The van der Waals surface area contributed by atoms with E-state index in [2.05, 4.69) is 185 Å². The number of carbonyl (C=O) groups is 3. The van der Waals surface area contributed by atoms with Gasteiger partial charge in [0, 0.05) is 19.3 Å². The Kier molecular flexibility index (Phi) is 62.9. The topological polar surface area (TPSA) is 78.9 Å². The smallest absolute Gasteiger partial charge is 0.306 e. The standard InChI is InChI=1S/C75H118O6/c1-4-7-10-13-16-19-22-25-28-31-34-35-36-37-38-39-42-44-47-50-53-56-59-62-65-68-74(77)80-71-72(81-75(78)69-66-63-60-57-54-51-48-45-41-33-30-27-24-21-18-15-12-9-6-3)70-79-73(76)67-64-61-58-55-52-49-46-43-40-32-29-26-23-20-17-14-11-8-5-2/h7-12,16-21,25-30,34-35,40-41,43,45,51,54,60,63,72H,4-6,13-15,22-24,31-33,36-39,42,44,46-50,52-53,55-59,61-62,64-71H2,1-3H3/b10-7-,11-8-,12-9-,19-16-,20-17-,21-18-,28-25-,29-26-,30-27-,35-34-,43-40-,45-41-,54-51-,63-60-. The third kappa shape index (κ3) is 65.5. The van der Waals surface area contributed by atoms with Crippen LogP contribution in [-0.4, -0.2) is 37.2 Å². The number of unbranched alkanes of at least 4 members (excludes halogenated alkanes) is 18. The van der Waals surface area contributed by atoms with Crippen LogP contribution in [0.25, 0.3) is 0 Å². The Bertz CT molecular complexity index is 1860. The number of ether oxygens (including phenoxy) is 3. The normalized spacial score (nSPS) is 13.3. The highest BCUT2D eigenvalue weighted by Crippen LogP contribution is 2.15. The quantitative estimate of drug-likeness (QED) is 0.0261. The predicted molar refractivity (Wildman–Crippen MR) is 352 cm³/mol. The lowest BCUT2D eigenvalue weighted by molar-refractivity contribution is -0.166. The molecule has 0 saturated carbocycles. The van der Waals surface area contributed by atoms with Crippen LogP contribution in [0.1, 0.15) is 265 Å². The number of hydrogen-bond acceptors (Lipinski definition) is 6. The summed E-state index contributed by atoms with van der Waals surface area (Å²) in [4.78, 5) is 38.4. The molecule has 0 fully saturated rings. The van der Waals surface area contributed by atoms with Crippen LogP contribution in [0.2, 0.25) is 0 Å². The van der Waals surface area contributed by atoms with Gasteiger partial charge in [0.25, 0.3) is 0 Å². The molecule has 0 aliphatic rings. The van der Waals surface area contributed by atoms with E-state index in [-0.39, 0.29) is 31.6 Å². The summed E-state index contributed by atoms with van der Waals surface area (Å²) in [5, 5.41) is 0. The predicted octanol–water partition coefficient (Wildman–Crippen LogP) is 22.7. The largest absolute Gasteiger partial charge is 0.462 e. The first-order chi connectivity index (χ1) is 40.0. The molecule has 0 aromatic rings. The minimum atomic E-state index is -0.836. The second kappa shape index (κ2) is 67.3. The number of rotatable bonds is 57. The van der Waals surface area contributed by atoms with Gasteiger partial charge in [-0.2, -0.15) is 0 Å². The van der Waals surface area contributed by atoms with Gasteiger partial charge in [-0.15, -0.1) is 0 Å². The molecule has 0 heterocycles. The third-order valence-corrected chi connectivity index (χ3v) is 13.2. The third-order valence-electron chi connectivity index (χ3n) is 13.2. The van der Waals surface area contributed by atoms with Crippen LogP contribution >= 0.6 is 0 Å². The maximum Gasteiger partial charge on any atom is 0.306 e. The molecule has 454 valence electrons. The Morgan fingerprint density at radius 3 is 0.741 bits per heavy atom. The molecule has 1 unspecified atom stereocenters. The van der Waals surface area contributed by atoms with Crippen LogP contribution in [-0.2, 0) is 28.6 Å². The number of esters is 3. The van der Waals surface area contributed by atoms with Crippen LogP contribution in [0.3, 0.4) is 0 Å². The molecule has 6 nitrogen and oxygen atoms in total. The van der Waals surface area contributed by atoms with E-state index in [4.69, 9.17) is 14.2 Å². The van der Waals surface area contributed by atoms with Gasteiger partial charge in [-0.25, -0.2) is 0 Å². The molecule has 6 heteroatoms. The molecule has 0 rings (SSSR count). The van der Waals surface area contributed by atoms with E-state index < -0.39 is 12.1 Å². The zero-order valence-electron chi connectivity index (χ0n) is 52.0. The SMILES string of the molecule is CC/C=C\C/C=C\C/C=C\C/C=C\C/C=C\C/C=C\CCC(=O)OC(COC(=O)CCCCCCCC/C=C\C/C=C\C/C=C\C/C=C\CC)COC(=O)CCCCCCCCCCCCCC/C=C\C/C=C\C/C=C\C/C=C\CC. The van der Waals surface area contributed by atoms with Crippen molar-refractivity contribution >= 4 is 17.9 Å². The van der Waals surface area contributed by atoms with Crippen LogP contribution in [0, 0.1) is 0 Å². The molecule has 0 aliphatic heterocycles. The Balaban J connectivity index is 4.50. The molecule has 0 saturated heterocycles. The van der Waals surface area contributed by atoms with E-state index in [1.165, 1.54) is 77.0 Å². The molecule has 0 N–H and O–H groups in total. The fraction of sp³-hybridized carbons (Fsp3) is 0.587. The van der Waals surface area contributed by atoms with Crippen molar-refractivity contribution in [2.75, 3.05) is 13.2 Å². The van der Waals surface area contributed by atoms with E-state index in [1.807, 2.05) is 6.08 Å². The molecule has 0 spiro atoms. The first-order valence-electron chi connectivity index (χ1n) is 32.6. The molecular weight excluding hydrogens is 997 g/mol. The van der Waals surface area contributed by atoms with Gasteiger partial charge >= 0.3 is 17.9 Å². The fourth-order valence-electron chi connectivity index (χ4n) is 8.45. The van der Waals surface area contributed by atoms with Gasteiger partial charge in [-0.05, 0) is 135 Å². The average Bonchev–Trinajstić information content (AvgIpc) is 3.47. The van der Waals surface area contributed by atoms with Crippen molar-refractivity contribution in [3.05, 3.63) is 170 Å². The minimum absolute atomic E-state index is 0.121. The lowest BCUT2D eigenvalue weighted by Gasteiger charge is -2.18. The van der Waals surface area contributed by atoms with E-state index in [0.29, 0.717) is 19.3 Å². The summed E-state index contributed by atoms with van der Waals surface area (Å²) >= 11 is 0. The highest BCUT2D eigenvalue weighted by molar-refractivity contribution is 5.71. The van der Waals surface area contributed by atoms with E-state index in [0.717, 1.165) is 141 Å². The van der Waals surface area contributed by atoms with E-state index in [9.17, 15) is 14.4 Å². The van der Waals surface area contributed by atoms with E-state index in [1.54, 1.807) is 0 Å². The first-order valence-corrected chi connectivity index (χ1v) is 32.6. The Labute approximate surface area is 498 Å². The highest BCUT2D eigenvalue weighted by Gasteiger charge is 2.19. The van der Waals surface area contributed by atoms with E-state index >= 15 is 0 Å². The monoisotopic (exact) mass is 1110 g/mol. The molecule has 0 radical (unpaired) electrons. The molecule has 0 aromatic carbocycles. The lowest BCUT2D eigenvalue weighted by atomic mass is 10.0. The molecular formula is C75H118O6. The molecule has 81 heavy (non-hydrogen) atoms. The summed E-state index contributed by atoms with van der Waals surface area (Å²) < 4.78 is 16.9. The summed E-state index contributed by atoms with van der Waals surface area (Å²) in [6.45, 7) is 6.23. The van der Waals surface area contributed by atoms with Gasteiger partial charge in [0.1, 0.15) is 13.2 Å². The molecule has 0 bridgehead atoms. The van der Waals surface area contributed by atoms with Gasteiger partial charge in [0.15, 0.2) is 6.10 Å². The van der Waals surface area contributed by atoms with Crippen molar-refractivity contribution in [1.82, 2.24) is 0 Å². The van der Waals surface area contributed by atoms with Gasteiger partial charge < -0.3 is 14.2 Å². The molecule has 0 amide bonds.